The zero-order valence-corrected chi connectivity index (χ0v) is 12.4. The summed E-state index contributed by atoms with van der Waals surface area (Å²) < 4.78 is 0. The highest BCUT2D eigenvalue weighted by molar-refractivity contribution is 7.99. The lowest BCUT2D eigenvalue weighted by molar-refractivity contribution is 0.227. The van der Waals surface area contributed by atoms with Gasteiger partial charge in [-0.15, -0.1) is 11.3 Å². The Labute approximate surface area is 113 Å². The predicted molar refractivity (Wildman–Crippen MR) is 78.9 cm³/mol. The molecule has 0 spiro atoms. The van der Waals surface area contributed by atoms with E-state index in [0.717, 1.165) is 18.3 Å². The van der Waals surface area contributed by atoms with Crippen LogP contribution in [0, 0.1) is 0 Å². The van der Waals surface area contributed by atoms with Crippen molar-refractivity contribution < 1.29 is 0 Å². The van der Waals surface area contributed by atoms with Gasteiger partial charge < -0.3 is 5.32 Å². The lowest BCUT2D eigenvalue weighted by Gasteiger charge is -2.30. The minimum atomic E-state index is 0.898. The van der Waals surface area contributed by atoms with Crippen LogP contribution < -0.4 is 5.32 Å². The van der Waals surface area contributed by atoms with Crippen molar-refractivity contribution in [1.29, 1.82) is 0 Å². The maximum absolute atomic E-state index is 3.21. The third kappa shape index (κ3) is 3.98. The third-order valence-electron chi connectivity index (χ3n) is 3.32. The van der Waals surface area contributed by atoms with Crippen LogP contribution in [0.3, 0.4) is 0 Å². The Morgan fingerprint density at radius 1 is 1.35 bits per heavy atom. The molecule has 1 fully saturated rings. The lowest BCUT2D eigenvalue weighted by Crippen LogP contribution is -2.33. The molecule has 0 bridgehead atoms. The SMILES string of the molecule is CNCc1ccc(CN2CCC(SC)CC2)s1. The summed E-state index contributed by atoms with van der Waals surface area (Å²) in [6.45, 7) is 4.68. The number of piperidine rings is 1. The Morgan fingerprint density at radius 2 is 2.06 bits per heavy atom. The van der Waals surface area contributed by atoms with Gasteiger partial charge in [0.15, 0.2) is 0 Å². The van der Waals surface area contributed by atoms with E-state index in [1.807, 2.05) is 30.1 Å². The molecule has 1 aliphatic rings. The van der Waals surface area contributed by atoms with Crippen molar-refractivity contribution in [2.75, 3.05) is 26.4 Å². The van der Waals surface area contributed by atoms with Gasteiger partial charge in [0, 0.05) is 28.1 Å². The average Bonchev–Trinajstić information content (AvgIpc) is 2.78. The third-order valence-corrected chi connectivity index (χ3v) is 5.52. The summed E-state index contributed by atoms with van der Waals surface area (Å²) in [6, 6.07) is 4.54. The van der Waals surface area contributed by atoms with Crippen LogP contribution in [-0.2, 0) is 13.1 Å². The summed E-state index contributed by atoms with van der Waals surface area (Å²) in [5, 5.41) is 4.11. The summed E-state index contributed by atoms with van der Waals surface area (Å²) >= 11 is 3.98. The van der Waals surface area contributed by atoms with Crippen molar-refractivity contribution in [3.8, 4) is 0 Å². The molecular formula is C13H22N2S2. The standard InChI is InChI=1S/C13H22N2S2/c1-14-9-12-3-4-13(17-12)10-15-7-5-11(16-2)6-8-15/h3-4,11,14H,5-10H2,1-2H3. The quantitative estimate of drug-likeness (QED) is 0.886. The molecule has 1 aliphatic heterocycles. The molecular weight excluding hydrogens is 248 g/mol. The van der Waals surface area contributed by atoms with E-state index >= 15 is 0 Å². The van der Waals surface area contributed by atoms with E-state index in [0.29, 0.717) is 0 Å². The molecule has 0 amide bonds. The van der Waals surface area contributed by atoms with Gasteiger partial charge in [-0.2, -0.15) is 11.8 Å². The molecule has 2 heterocycles. The van der Waals surface area contributed by atoms with Gasteiger partial charge in [-0.05, 0) is 51.4 Å². The van der Waals surface area contributed by atoms with E-state index < -0.39 is 0 Å². The molecule has 2 nitrogen and oxygen atoms in total. The zero-order valence-electron chi connectivity index (χ0n) is 10.7. The summed E-state index contributed by atoms with van der Waals surface area (Å²) in [7, 11) is 2.01. The lowest BCUT2D eigenvalue weighted by atomic mass is 10.1. The normalized spacial score (nSPS) is 18.7. The average molecular weight is 270 g/mol. The van der Waals surface area contributed by atoms with Gasteiger partial charge in [0.1, 0.15) is 0 Å². The number of rotatable bonds is 5. The maximum Gasteiger partial charge on any atom is 0.0328 e. The number of hydrogen-bond acceptors (Lipinski definition) is 4. The Kier molecular flexibility index (Phi) is 5.35. The molecule has 2 rings (SSSR count). The van der Waals surface area contributed by atoms with Gasteiger partial charge in [-0.3, -0.25) is 4.90 Å². The van der Waals surface area contributed by atoms with Crippen molar-refractivity contribution in [2.24, 2.45) is 0 Å². The van der Waals surface area contributed by atoms with E-state index in [1.54, 1.807) is 0 Å². The molecule has 0 unspecified atom stereocenters. The first kappa shape index (κ1) is 13.4. The minimum Gasteiger partial charge on any atom is -0.315 e. The summed E-state index contributed by atoms with van der Waals surface area (Å²) in [4.78, 5) is 5.56. The number of likely N-dealkylation sites (tertiary alicyclic amines) is 1. The fraction of sp³-hybridized carbons (Fsp3) is 0.692. The van der Waals surface area contributed by atoms with Crippen LogP contribution in [-0.4, -0.2) is 36.5 Å². The van der Waals surface area contributed by atoms with E-state index in [4.69, 9.17) is 0 Å². The highest BCUT2D eigenvalue weighted by Crippen LogP contribution is 2.24. The fourth-order valence-electron chi connectivity index (χ4n) is 2.30. The van der Waals surface area contributed by atoms with Gasteiger partial charge in [0.2, 0.25) is 0 Å². The van der Waals surface area contributed by atoms with Gasteiger partial charge in [0.25, 0.3) is 0 Å². The van der Waals surface area contributed by atoms with Crippen molar-refractivity contribution in [2.45, 2.75) is 31.2 Å². The molecule has 0 saturated carbocycles. The Morgan fingerprint density at radius 3 is 2.71 bits per heavy atom. The van der Waals surface area contributed by atoms with Crippen LogP contribution in [0.5, 0.6) is 0 Å². The van der Waals surface area contributed by atoms with E-state index in [-0.39, 0.29) is 0 Å². The fourth-order valence-corrected chi connectivity index (χ4v) is 4.05. The summed E-state index contributed by atoms with van der Waals surface area (Å²) in [5.41, 5.74) is 0. The molecule has 1 aromatic rings. The van der Waals surface area contributed by atoms with Crippen LogP contribution in [0.25, 0.3) is 0 Å². The maximum atomic E-state index is 3.21. The van der Waals surface area contributed by atoms with Crippen molar-refractivity contribution >= 4 is 23.1 Å². The van der Waals surface area contributed by atoms with Crippen LogP contribution in [0.2, 0.25) is 0 Å². The highest BCUT2D eigenvalue weighted by Gasteiger charge is 2.18. The Hall–Kier alpha value is -0.0300. The van der Waals surface area contributed by atoms with Crippen LogP contribution >= 0.6 is 23.1 Å². The summed E-state index contributed by atoms with van der Waals surface area (Å²) in [6.07, 6.45) is 4.95. The molecule has 17 heavy (non-hydrogen) atoms. The van der Waals surface area contributed by atoms with E-state index in [2.05, 4.69) is 28.6 Å². The van der Waals surface area contributed by atoms with Gasteiger partial charge in [0.05, 0.1) is 0 Å². The zero-order chi connectivity index (χ0) is 12.1. The molecule has 1 saturated heterocycles. The molecule has 1 aromatic heterocycles. The second-order valence-corrected chi connectivity index (χ2v) is 7.00. The van der Waals surface area contributed by atoms with Crippen LogP contribution in [0.1, 0.15) is 22.6 Å². The van der Waals surface area contributed by atoms with Crippen molar-refractivity contribution in [1.82, 2.24) is 10.2 Å². The van der Waals surface area contributed by atoms with Crippen LogP contribution in [0.4, 0.5) is 0 Å². The molecule has 96 valence electrons. The first-order valence-corrected chi connectivity index (χ1v) is 8.39. The Balaban J connectivity index is 1.80. The monoisotopic (exact) mass is 270 g/mol. The number of thioether (sulfide) groups is 1. The molecule has 0 radical (unpaired) electrons. The molecule has 4 heteroatoms. The number of nitrogens with zero attached hydrogens (tertiary/aromatic N) is 1. The molecule has 0 atom stereocenters. The van der Waals surface area contributed by atoms with Crippen LogP contribution in [0.15, 0.2) is 12.1 Å². The number of thiophene rings is 1. The second-order valence-electron chi connectivity index (χ2n) is 4.61. The number of nitrogens with one attached hydrogen (secondary N) is 1. The largest absolute Gasteiger partial charge is 0.315 e. The molecule has 0 aliphatic carbocycles. The molecule has 1 N–H and O–H groups in total. The minimum absolute atomic E-state index is 0.898. The smallest absolute Gasteiger partial charge is 0.0328 e. The van der Waals surface area contributed by atoms with E-state index in [1.165, 1.54) is 35.7 Å². The first-order chi connectivity index (χ1) is 8.31. The second kappa shape index (κ2) is 6.78. The van der Waals surface area contributed by atoms with Crippen molar-refractivity contribution in [3.63, 3.8) is 0 Å². The van der Waals surface area contributed by atoms with Gasteiger partial charge in [-0.25, -0.2) is 0 Å². The van der Waals surface area contributed by atoms with Gasteiger partial charge >= 0.3 is 0 Å². The van der Waals surface area contributed by atoms with Crippen molar-refractivity contribution in [3.05, 3.63) is 21.9 Å². The highest BCUT2D eigenvalue weighted by atomic mass is 32.2. The predicted octanol–water partition coefficient (Wildman–Crippen LogP) is 2.79. The Bertz CT molecular complexity index is 330. The first-order valence-electron chi connectivity index (χ1n) is 6.29. The molecule has 0 aromatic carbocycles. The number of hydrogen-bond donors (Lipinski definition) is 1. The van der Waals surface area contributed by atoms with Gasteiger partial charge in [-0.1, -0.05) is 0 Å². The van der Waals surface area contributed by atoms with E-state index in [9.17, 15) is 0 Å². The topological polar surface area (TPSA) is 15.3 Å². The summed E-state index contributed by atoms with van der Waals surface area (Å²) in [5.74, 6) is 0.